The average Bonchev–Trinajstić information content (AvgIpc) is 2.82. The van der Waals surface area contributed by atoms with Gasteiger partial charge in [0.15, 0.2) is 0 Å². The Balaban J connectivity index is 2.08. The summed E-state index contributed by atoms with van der Waals surface area (Å²) in [6.45, 7) is 9.36. The number of nitrogens with zero attached hydrogens (tertiary/aromatic N) is 1. The van der Waals surface area contributed by atoms with Gasteiger partial charge in [-0.2, -0.15) is 0 Å². The van der Waals surface area contributed by atoms with E-state index in [0.717, 1.165) is 43.7 Å². The van der Waals surface area contributed by atoms with E-state index < -0.39 is 0 Å². The van der Waals surface area contributed by atoms with Crippen LogP contribution in [0, 0.1) is 11.7 Å². The Morgan fingerprint density at radius 2 is 2.26 bits per heavy atom. The van der Waals surface area contributed by atoms with Gasteiger partial charge in [-0.3, -0.25) is 0 Å². The lowest BCUT2D eigenvalue weighted by molar-refractivity contribution is 0.561. The van der Waals surface area contributed by atoms with Crippen LogP contribution in [-0.2, 0) is 0 Å². The van der Waals surface area contributed by atoms with E-state index in [-0.39, 0.29) is 11.9 Å². The maximum Gasteiger partial charge on any atom is 0.146 e. The Morgan fingerprint density at radius 3 is 2.84 bits per heavy atom. The number of halogens is 1. The predicted molar refractivity (Wildman–Crippen MR) is 79.1 cm³/mol. The van der Waals surface area contributed by atoms with E-state index >= 15 is 0 Å². The largest absolute Gasteiger partial charge is 0.369 e. The molecule has 0 bridgehead atoms. The van der Waals surface area contributed by atoms with Gasteiger partial charge in [-0.15, -0.1) is 0 Å². The van der Waals surface area contributed by atoms with Gasteiger partial charge in [0.05, 0.1) is 5.69 Å². The summed E-state index contributed by atoms with van der Waals surface area (Å²) in [5.74, 6) is 0.584. The first kappa shape index (κ1) is 14.3. The zero-order valence-electron chi connectivity index (χ0n) is 12.2. The van der Waals surface area contributed by atoms with Crippen LogP contribution in [0.1, 0.15) is 45.2 Å². The Labute approximate surface area is 116 Å². The molecule has 1 N–H and O–H groups in total. The highest BCUT2D eigenvalue weighted by molar-refractivity contribution is 5.50. The highest BCUT2D eigenvalue weighted by atomic mass is 19.1. The van der Waals surface area contributed by atoms with Crippen LogP contribution < -0.4 is 10.2 Å². The lowest BCUT2D eigenvalue weighted by atomic mass is 10.1. The van der Waals surface area contributed by atoms with Gasteiger partial charge in [0, 0.05) is 19.1 Å². The second-order valence-corrected chi connectivity index (χ2v) is 5.73. The molecular weight excluding hydrogens is 239 g/mol. The Bertz CT molecular complexity index is 419. The molecule has 1 aromatic carbocycles. The fourth-order valence-electron chi connectivity index (χ4n) is 2.68. The minimum atomic E-state index is -0.0863. The molecular formula is C16H25FN2. The summed E-state index contributed by atoms with van der Waals surface area (Å²) < 4.78 is 14.2. The maximum absolute atomic E-state index is 14.2. The Morgan fingerprint density at radius 1 is 1.47 bits per heavy atom. The smallest absolute Gasteiger partial charge is 0.146 e. The SMILES string of the molecule is CCCNC(C)c1ccc(N2CCC(C)C2)c(F)c1. The van der Waals surface area contributed by atoms with Crippen molar-refractivity contribution < 1.29 is 4.39 Å². The summed E-state index contributed by atoms with van der Waals surface area (Å²) in [6, 6.07) is 5.88. The van der Waals surface area contributed by atoms with E-state index in [9.17, 15) is 4.39 Å². The van der Waals surface area contributed by atoms with Crippen molar-refractivity contribution in [2.24, 2.45) is 5.92 Å². The van der Waals surface area contributed by atoms with Crippen molar-refractivity contribution in [3.63, 3.8) is 0 Å². The van der Waals surface area contributed by atoms with Gasteiger partial charge in [0.25, 0.3) is 0 Å². The first-order valence-corrected chi connectivity index (χ1v) is 7.39. The van der Waals surface area contributed by atoms with Gasteiger partial charge in [-0.25, -0.2) is 4.39 Å². The quantitative estimate of drug-likeness (QED) is 0.871. The number of rotatable bonds is 5. The summed E-state index contributed by atoms with van der Waals surface area (Å²) >= 11 is 0. The van der Waals surface area contributed by atoms with Gasteiger partial charge in [-0.05, 0) is 49.9 Å². The van der Waals surface area contributed by atoms with Gasteiger partial charge >= 0.3 is 0 Å². The molecule has 0 aliphatic carbocycles. The monoisotopic (exact) mass is 264 g/mol. The molecule has 1 heterocycles. The van der Waals surface area contributed by atoms with E-state index in [1.54, 1.807) is 6.07 Å². The van der Waals surface area contributed by atoms with Crippen LogP contribution in [0.3, 0.4) is 0 Å². The molecule has 106 valence electrons. The van der Waals surface area contributed by atoms with Crippen LogP contribution in [0.15, 0.2) is 18.2 Å². The van der Waals surface area contributed by atoms with E-state index in [1.165, 1.54) is 0 Å². The third kappa shape index (κ3) is 3.47. The summed E-state index contributed by atoms with van der Waals surface area (Å²) in [5.41, 5.74) is 1.79. The first-order chi connectivity index (χ1) is 9.11. The van der Waals surface area contributed by atoms with Crippen molar-refractivity contribution in [2.45, 2.75) is 39.7 Å². The molecule has 1 aromatic rings. The maximum atomic E-state index is 14.2. The van der Waals surface area contributed by atoms with E-state index in [4.69, 9.17) is 0 Å². The number of anilines is 1. The van der Waals surface area contributed by atoms with Crippen molar-refractivity contribution in [1.29, 1.82) is 0 Å². The zero-order chi connectivity index (χ0) is 13.8. The third-order valence-electron chi connectivity index (χ3n) is 3.94. The van der Waals surface area contributed by atoms with Crippen LogP contribution in [-0.4, -0.2) is 19.6 Å². The molecule has 1 aliphatic heterocycles. The minimum absolute atomic E-state index is 0.0863. The van der Waals surface area contributed by atoms with Gasteiger partial charge in [0.2, 0.25) is 0 Å². The molecule has 2 rings (SSSR count). The molecule has 2 atom stereocenters. The average molecular weight is 264 g/mol. The molecule has 0 saturated carbocycles. The van der Waals surface area contributed by atoms with E-state index in [1.807, 2.05) is 6.07 Å². The Hall–Kier alpha value is -1.09. The molecule has 0 spiro atoms. The summed E-state index contributed by atoms with van der Waals surface area (Å²) in [4.78, 5) is 2.16. The van der Waals surface area contributed by atoms with Crippen molar-refractivity contribution in [2.75, 3.05) is 24.5 Å². The van der Waals surface area contributed by atoms with Crippen LogP contribution in [0.2, 0.25) is 0 Å². The predicted octanol–water partition coefficient (Wildman–Crippen LogP) is 3.73. The zero-order valence-corrected chi connectivity index (χ0v) is 12.2. The molecule has 0 amide bonds. The van der Waals surface area contributed by atoms with Crippen LogP contribution in [0.25, 0.3) is 0 Å². The second kappa shape index (κ2) is 6.38. The van der Waals surface area contributed by atoms with Crippen molar-refractivity contribution in [1.82, 2.24) is 5.32 Å². The number of nitrogens with one attached hydrogen (secondary N) is 1. The molecule has 19 heavy (non-hydrogen) atoms. The van der Waals surface area contributed by atoms with Gasteiger partial charge < -0.3 is 10.2 Å². The number of hydrogen-bond donors (Lipinski definition) is 1. The molecule has 0 aromatic heterocycles. The summed E-state index contributed by atoms with van der Waals surface area (Å²) in [5, 5.41) is 3.39. The van der Waals surface area contributed by atoms with E-state index in [0.29, 0.717) is 5.92 Å². The third-order valence-corrected chi connectivity index (χ3v) is 3.94. The highest BCUT2D eigenvalue weighted by Gasteiger charge is 2.21. The van der Waals surface area contributed by atoms with Crippen LogP contribution in [0.5, 0.6) is 0 Å². The summed E-state index contributed by atoms with van der Waals surface area (Å²) in [7, 11) is 0. The minimum Gasteiger partial charge on any atom is -0.369 e. The number of benzene rings is 1. The summed E-state index contributed by atoms with van der Waals surface area (Å²) in [6.07, 6.45) is 2.26. The molecule has 3 heteroatoms. The highest BCUT2D eigenvalue weighted by Crippen LogP contribution is 2.28. The fraction of sp³-hybridized carbons (Fsp3) is 0.625. The molecule has 1 saturated heterocycles. The Kier molecular flexibility index (Phi) is 4.81. The van der Waals surface area contributed by atoms with Gasteiger partial charge in [0.1, 0.15) is 5.82 Å². The lowest BCUT2D eigenvalue weighted by Gasteiger charge is -2.21. The van der Waals surface area contributed by atoms with Crippen molar-refractivity contribution in [3.05, 3.63) is 29.6 Å². The molecule has 1 aliphatic rings. The molecule has 2 unspecified atom stereocenters. The standard InChI is InChI=1S/C16H25FN2/c1-4-8-18-13(3)14-5-6-16(15(17)10-14)19-9-7-12(2)11-19/h5-6,10,12-13,18H,4,7-9,11H2,1-3H3. The lowest BCUT2D eigenvalue weighted by Crippen LogP contribution is -2.22. The van der Waals surface area contributed by atoms with Crippen molar-refractivity contribution in [3.8, 4) is 0 Å². The van der Waals surface area contributed by atoms with E-state index in [2.05, 4.69) is 37.1 Å². The second-order valence-electron chi connectivity index (χ2n) is 5.73. The van der Waals surface area contributed by atoms with Gasteiger partial charge in [-0.1, -0.05) is 19.9 Å². The first-order valence-electron chi connectivity index (χ1n) is 7.39. The molecule has 2 nitrogen and oxygen atoms in total. The van der Waals surface area contributed by atoms with Crippen LogP contribution >= 0.6 is 0 Å². The molecule has 1 fully saturated rings. The normalized spacial score (nSPS) is 20.8. The molecule has 0 radical (unpaired) electrons. The topological polar surface area (TPSA) is 15.3 Å². The number of hydrogen-bond acceptors (Lipinski definition) is 2. The fourth-order valence-corrected chi connectivity index (χ4v) is 2.68. The van der Waals surface area contributed by atoms with Crippen molar-refractivity contribution >= 4 is 5.69 Å². The van der Waals surface area contributed by atoms with Crippen LogP contribution in [0.4, 0.5) is 10.1 Å².